The average molecular weight is 312 g/mol. The van der Waals surface area contributed by atoms with E-state index in [2.05, 4.69) is 9.97 Å². The van der Waals surface area contributed by atoms with E-state index >= 15 is 0 Å². The van der Waals surface area contributed by atoms with E-state index in [1.54, 1.807) is 0 Å². The maximum atomic E-state index is 13.5. The molecule has 21 heavy (non-hydrogen) atoms. The molecule has 2 rings (SSSR count). The van der Waals surface area contributed by atoms with Crippen molar-refractivity contribution < 1.29 is 14.4 Å². The minimum atomic E-state index is -1.12. The van der Waals surface area contributed by atoms with Gasteiger partial charge in [-0.2, -0.15) is 4.98 Å². The van der Waals surface area contributed by atoms with Crippen LogP contribution in [0.4, 0.5) is 10.1 Å². The molecule has 0 fully saturated rings. The van der Waals surface area contributed by atoms with Crippen LogP contribution in [0, 0.1) is 15.9 Å². The summed E-state index contributed by atoms with van der Waals surface area (Å²) in [6.07, 6.45) is 2.39. The van der Waals surface area contributed by atoms with Gasteiger partial charge in [0.25, 0.3) is 5.88 Å². The number of hydrogen-bond acceptors (Lipinski definition) is 5. The minimum Gasteiger partial charge on any atom is -0.488 e. The Kier molecular flexibility index (Phi) is 3.99. The number of H-pyrrole nitrogens is 1. The lowest BCUT2D eigenvalue weighted by Crippen LogP contribution is -2.14. The molecule has 0 aliphatic heterocycles. The van der Waals surface area contributed by atoms with Crippen molar-refractivity contribution in [2.45, 2.75) is 0 Å². The van der Waals surface area contributed by atoms with Crippen LogP contribution < -0.4 is 5.56 Å². The van der Waals surface area contributed by atoms with E-state index in [-0.39, 0.29) is 16.4 Å². The van der Waals surface area contributed by atoms with Crippen LogP contribution in [0.15, 0.2) is 23.0 Å². The zero-order valence-electron chi connectivity index (χ0n) is 10.2. The summed E-state index contributed by atoms with van der Waals surface area (Å²) in [5.74, 6) is -1.79. The Morgan fingerprint density at radius 2 is 2.14 bits per heavy atom. The molecule has 0 saturated carbocycles. The number of hydrogen-bond donors (Lipinski definition) is 2. The summed E-state index contributed by atoms with van der Waals surface area (Å²) in [6.45, 7) is 0. The van der Waals surface area contributed by atoms with Crippen LogP contribution in [-0.4, -0.2) is 20.0 Å². The Labute approximate surface area is 121 Å². The summed E-state index contributed by atoms with van der Waals surface area (Å²) in [7, 11) is 0. The lowest BCUT2D eigenvalue weighted by atomic mass is 10.2. The first kappa shape index (κ1) is 14.7. The summed E-state index contributed by atoms with van der Waals surface area (Å²) < 4.78 is 13.5. The van der Waals surface area contributed by atoms with Crippen molar-refractivity contribution in [2.24, 2.45) is 0 Å². The van der Waals surface area contributed by atoms with Gasteiger partial charge in [-0.3, -0.25) is 14.9 Å². The topological polar surface area (TPSA) is 109 Å². The molecule has 0 aliphatic carbocycles. The van der Waals surface area contributed by atoms with E-state index < -0.39 is 27.9 Å². The number of nitrogens with zero attached hydrogens (tertiary/aromatic N) is 2. The van der Waals surface area contributed by atoms with Crippen LogP contribution in [0.1, 0.15) is 11.4 Å². The van der Waals surface area contributed by atoms with Gasteiger partial charge < -0.3 is 10.1 Å². The number of aromatic hydroxyl groups is 1. The van der Waals surface area contributed by atoms with Crippen LogP contribution in [0.25, 0.3) is 12.2 Å². The van der Waals surface area contributed by atoms with Gasteiger partial charge in [0.2, 0.25) is 0 Å². The summed E-state index contributed by atoms with van der Waals surface area (Å²) in [6, 6.07) is 4.08. The predicted octanol–water partition coefficient (Wildman–Crippen LogP) is 2.35. The summed E-state index contributed by atoms with van der Waals surface area (Å²) in [5, 5.41) is 20.0. The highest BCUT2D eigenvalue weighted by molar-refractivity contribution is 6.32. The van der Waals surface area contributed by atoms with E-state index in [9.17, 15) is 24.4 Å². The molecule has 7 nitrogen and oxygen atoms in total. The smallest absolute Gasteiger partial charge is 0.395 e. The average Bonchev–Trinajstić information content (AvgIpc) is 2.36. The summed E-state index contributed by atoms with van der Waals surface area (Å²) >= 11 is 5.80. The normalized spacial score (nSPS) is 11.0. The van der Waals surface area contributed by atoms with Gasteiger partial charge in [-0.05, 0) is 24.3 Å². The van der Waals surface area contributed by atoms with Gasteiger partial charge in [0, 0.05) is 5.56 Å². The first-order chi connectivity index (χ1) is 9.90. The second kappa shape index (κ2) is 5.71. The second-order valence-corrected chi connectivity index (χ2v) is 4.26. The quantitative estimate of drug-likeness (QED) is 0.668. The zero-order valence-corrected chi connectivity index (χ0v) is 11.0. The molecule has 9 heteroatoms. The van der Waals surface area contributed by atoms with Gasteiger partial charge in [-0.1, -0.05) is 17.7 Å². The molecule has 2 aromatic rings. The van der Waals surface area contributed by atoms with Crippen molar-refractivity contribution in [1.82, 2.24) is 9.97 Å². The predicted molar refractivity (Wildman–Crippen MR) is 73.5 cm³/mol. The third-order valence-corrected chi connectivity index (χ3v) is 2.81. The maximum absolute atomic E-state index is 13.5. The van der Waals surface area contributed by atoms with Crippen molar-refractivity contribution in [3.8, 4) is 5.88 Å². The molecule has 0 radical (unpaired) electrons. The Hall–Kier alpha value is -2.74. The fraction of sp³-hybridized carbons (Fsp3) is 0. The van der Waals surface area contributed by atoms with Crippen molar-refractivity contribution in [3.63, 3.8) is 0 Å². The minimum absolute atomic E-state index is 0.0552. The van der Waals surface area contributed by atoms with Gasteiger partial charge in [-0.25, -0.2) is 4.39 Å². The molecule has 1 heterocycles. The van der Waals surface area contributed by atoms with Gasteiger partial charge >= 0.3 is 11.2 Å². The largest absolute Gasteiger partial charge is 0.488 e. The number of aromatic nitrogens is 2. The molecule has 1 aromatic heterocycles. The molecule has 108 valence electrons. The monoisotopic (exact) mass is 311 g/mol. The van der Waals surface area contributed by atoms with Crippen molar-refractivity contribution in [2.75, 3.05) is 0 Å². The van der Waals surface area contributed by atoms with Gasteiger partial charge in [0.15, 0.2) is 0 Å². The number of nitrogens with one attached hydrogen (secondary N) is 1. The number of halogens is 2. The molecular formula is C12H7ClFN3O4. The van der Waals surface area contributed by atoms with Crippen LogP contribution in [-0.2, 0) is 0 Å². The molecule has 0 aliphatic rings. The molecule has 0 saturated heterocycles. The highest BCUT2D eigenvalue weighted by atomic mass is 35.5. The molecule has 0 amide bonds. The standard InChI is InChI=1S/C12H7ClFN3O4/c13-7-2-1-3-8(14)6(7)4-5-9-15-11(18)10(17(20)21)12(19)16-9/h1-5H,(H2,15,16,18,19). The Bertz CT molecular complexity index is 783. The number of aromatic amines is 1. The lowest BCUT2D eigenvalue weighted by molar-refractivity contribution is -0.387. The number of rotatable bonds is 3. The van der Waals surface area contributed by atoms with Crippen molar-refractivity contribution in [3.05, 3.63) is 60.9 Å². The van der Waals surface area contributed by atoms with Gasteiger partial charge in [0.05, 0.1) is 9.95 Å². The Morgan fingerprint density at radius 3 is 2.71 bits per heavy atom. The SMILES string of the molecule is O=c1[nH]c(C=Cc2c(F)cccc2Cl)nc(O)c1[N+](=O)[O-]. The molecule has 0 bridgehead atoms. The van der Waals surface area contributed by atoms with Crippen LogP contribution in [0.5, 0.6) is 5.88 Å². The molecular weight excluding hydrogens is 305 g/mol. The zero-order chi connectivity index (χ0) is 15.6. The Balaban J connectivity index is 2.43. The van der Waals surface area contributed by atoms with Crippen molar-refractivity contribution in [1.29, 1.82) is 0 Å². The third-order valence-electron chi connectivity index (χ3n) is 2.48. The van der Waals surface area contributed by atoms with E-state index in [4.69, 9.17) is 11.6 Å². The van der Waals surface area contributed by atoms with E-state index in [0.717, 1.165) is 6.08 Å². The Morgan fingerprint density at radius 1 is 1.43 bits per heavy atom. The van der Waals surface area contributed by atoms with E-state index in [1.807, 2.05) is 0 Å². The summed E-state index contributed by atoms with van der Waals surface area (Å²) in [4.78, 5) is 26.4. The van der Waals surface area contributed by atoms with E-state index in [1.165, 1.54) is 24.3 Å². The number of nitro groups is 1. The summed E-state index contributed by atoms with van der Waals surface area (Å²) in [5.41, 5.74) is -2.12. The van der Waals surface area contributed by atoms with Gasteiger partial charge in [-0.15, -0.1) is 0 Å². The third kappa shape index (κ3) is 3.06. The van der Waals surface area contributed by atoms with Gasteiger partial charge in [0.1, 0.15) is 11.6 Å². The lowest BCUT2D eigenvalue weighted by Gasteiger charge is -2.00. The fourth-order valence-corrected chi connectivity index (χ4v) is 1.77. The van der Waals surface area contributed by atoms with Crippen LogP contribution in [0.2, 0.25) is 5.02 Å². The van der Waals surface area contributed by atoms with Crippen LogP contribution >= 0.6 is 11.6 Å². The first-order valence-corrected chi connectivity index (χ1v) is 5.87. The maximum Gasteiger partial charge on any atom is 0.395 e. The van der Waals surface area contributed by atoms with Crippen molar-refractivity contribution >= 4 is 29.4 Å². The molecule has 0 spiro atoms. The second-order valence-electron chi connectivity index (χ2n) is 3.85. The highest BCUT2D eigenvalue weighted by Crippen LogP contribution is 2.22. The first-order valence-electron chi connectivity index (χ1n) is 5.50. The molecule has 0 unspecified atom stereocenters. The van der Waals surface area contributed by atoms with Crippen LogP contribution in [0.3, 0.4) is 0 Å². The van der Waals surface area contributed by atoms with E-state index in [0.29, 0.717) is 0 Å². The number of benzene rings is 1. The molecule has 2 N–H and O–H groups in total. The highest BCUT2D eigenvalue weighted by Gasteiger charge is 2.21. The molecule has 0 atom stereocenters. The molecule has 1 aromatic carbocycles. The fourth-order valence-electron chi connectivity index (χ4n) is 1.55.